The Labute approximate surface area is 157 Å². The van der Waals surface area contributed by atoms with Gasteiger partial charge in [-0.05, 0) is 43.7 Å². The molecule has 0 aliphatic carbocycles. The predicted molar refractivity (Wildman–Crippen MR) is 102 cm³/mol. The molecule has 0 aliphatic heterocycles. The molecule has 12 N–H and O–H groups in total. The Morgan fingerprint density at radius 1 is 1.15 bits per heavy atom. The molecular weight excluding hydrogens is 358 g/mol. The molecule has 0 bridgehead atoms. The standard InChI is InChI=1S/C9H9NO2.C5H12N2O2.C2H5NO2.H3N/c1-7(12)10-9-4-2-8(6-11)3-5-9;6-3-1-2-4(7)5(8)9;3-1-2(4)5;/h2-6H,1H3,(H,10,12);4H,1-3,6-7H2,(H,8,9);1,3H2,(H,4,5);1H3/t;4-;;/m.0../s1. The number of rotatable bonds is 7. The van der Waals surface area contributed by atoms with Crippen molar-refractivity contribution in [3.63, 3.8) is 0 Å². The average molecular weight is 387 g/mol. The highest BCUT2D eigenvalue weighted by Gasteiger charge is 2.08. The average Bonchev–Trinajstić information content (AvgIpc) is 2.60. The molecule has 0 radical (unpaired) electrons. The Balaban J connectivity index is -0.000000342. The smallest absolute Gasteiger partial charge is 0.320 e. The lowest BCUT2D eigenvalue weighted by molar-refractivity contribution is -0.138. The second-order valence-corrected chi connectivity index (χ2v) is 4.89. The summed E-state index contributed by atoms with van der Waals surface area (Å²) in [6.45, 7) is 1.66. The van der Waals surface area contributed by atoms with Gasteiger partial charge in [-0.2, -0.15) is 0 Å². The van der Waals surface area contributed by atoms with E-state index in [0.29, 0.717) is 30.6 Å². The molecular formula is C16H29N5O6. The fraction of sp³-hybridized carbons (Fsp3) is 0.375. The van der Waals surface area contributed by atoms with Crippen LogP contribution in [0.1, 0.15) is 30.1 Å². The third kappa shape index (κ3) is 19.3. The van der Waals surface area contributed by atoms with Crippen LogP contribution in [-0.2, 0) is 14.4 Å². The molecule has 1 atom stereocenters. The fourth-order valence-corrected chi connectivity index (χ4v) is 1.31. The predicted octanol–water partition coefficient (Wildman–Crippen LogP) is -0.214. The summed E-state index contributed by atoms with van der Waals surface area (Å²) in [5.41, 5.74) is 16.2. The zero-order valence-electron chi connectivity index (χ0n) is 15.3. The highest BCUT2D eigenvalue weighted by Crippen LogP contribution is 2.07. The molecule has 0 spiro atoms. The summed E-state index contributed by atoms with van der Waals surface area (Å²) in [6.07, 6.45) is 1.90. The van der Waals surface area contributed by atoms with E-state index in [1.165, 1.54) is 6.92 Å². The van der Waals surface area contributed by atoms with Crippen LogP contribution in [0.4, 0.5) is 5.69 Å². The van der Waals surface area contributed by atoms with Crippen LogP contribution < -0.4 is 28.7 Å². The molecule has 27 heavy (non-hydrogen) atoms. The molecule has 0 unspecified atom stereocenters. The first-order valence-corrected chi connectivity index (χ1v) is 7.61. The van der Waals surface area contributed by atoms with Crippen LogP contribution in [0.15, 0.2) is 24.3 Å². The van der Waals surface area contributed by atoms with Crippen LogP contribution in [0, 0.1) is 0 Å². The largest absolute Gasteiger partial charge is 0.480 e. The van der Waals surface area contributed by atoms with Gasteiger partial charge in [0.2, 0.25) is 5.91 Å². The van der Waals surface area contributed by atoms with Crippen LogP contribution >= 0.6 is 0 Å². The molecule has 0 saturated carbocycles. The van der Waals surface area contributed by atoms with E-state index in [2.05, 4.69) is 11.1 Å². The second-order valence-electron chi connectivity index (χ2n) is 4.89. The minimum absolute atomic E-state index is 0. The van der Waals surface area contributed by atoms with Crippen molar-refractivity contribution in [1.82, 2.24) is 6.15 Å². The van der Waals surface area contributed by atoms with Crippen molar-refractivity contribution in [2.24, 2.45) is 17.2 Å². The van der Waals surface area contributed by atoms with Gasteiger partial charge in [0.05, 0.1) is 6.54 Å². The molecule has 154 valence electrons. The number of hydrogen-bond acceptors (Lipinski definition) is 8. The Morgan fingerprint density at radius 2 is 1.63 bits per heavy atom. The minimum Gasteiger partial charge on any atom is -0.480 e. The van der Waals surface area contributed by atoms with Crippen LogP contribution in [0.5, 0.6) is 0 Å². The second kappa shape index (κ2) is 17.9. The van der Waals surface area contributed by atoms with Gasteiger partial charge in [0, 0.05) is 18.2 Å². The van der Waals surface area contributed by atoms with Gasteiger partial charge in [0.25, 0.3) is 0 Å². The number of nitrogens with two attached hydrogens (primary N) is 3. The topological polar surface area (TPSA) is 234 Å². The summed E-state index contributed by atoms with van der Waals surface area (Å²) < 4.78 is 0. The van der Waals surface area contributed by atoms with E-state index >= 15 is 0 Å². The number of aliphatic carboxylic acids is 2. The van der Waals surface area contributed by atoms with E-state index in [4.69, 9.17) is 21.7 Å². The molecule has 0 aromatic heterocycles. The molecule has 11 heteroatoms. The monoisotopic (exact) mass is 387 g/mol. The van der Waals surface area contributed by atoms with Crippen molar-refractivity contribution in [3.8, 4) is 0 Å². The third-order valence-corrected chi connectivity index (χ3v) is 2.58. The van der Waals surface area contributed by atoms with Crippen molar-refractivity contribution in [2.75, 3.05) is 18.4 Å². The molecule has 1 aromatic rings. The number of amides is 1. The summed E-state index contributed by atoms with van der Waals surface area (Å²) in [6, 6.07) is 5.93. The summed E-state index contributed by atoms with van der Waals surface area (Å²) in [7, 11) is 0. The first-order chi connectivity index (χ1) is 12.2. The molecule has 0 fully saturated rings. The number of carboxylic acid groups (broad SMARTS) is 2. The van der Waals surface area contributed by atoms with Gasteiger partial charge in [0.1, 0.15) is 12.3 Å². The highest BCUT2D eigenvalue weighted by molar-refractivity contribution is 5.89. The van der Waals surface area contributed by atoms with Gasteiger partial charge in [-0.1, -0.05) is 0 Å². The molecule has 1 amide bonds. The number of nitrogens with one attached hydrogen (secondary N) is 1. The maximum Gasteiger partial charge on any atom is 0.320 e. The van der Waals surface area contributed by atoms with E-state index in [9.17, 15) is 19.2 Å². The van der Waals surface area contributed by atoms with Crippen LogP contribution in [0.2, 0.25) is 0 Å². The maximum atomic E-state index is 10.6. The maximum absolute atomic E-state index is 10.6. The van der Waals surface area contributed by atoms with Gasteiger partial charge in [-0.25, -0.2) is 0 Å². The Morgan fingerprint density at radius 3 is 1.93 bits per heavy atom. The lowest BCUT2D eigenvalue weighted by atomic mass is 10.2. The van der Waals surface area contributed by atoms with Gasteiger partial charge >= 0.3 is 11.9 Å². The fourth-order valence-electron chi connectivity index (χ4n) is 1.31. The van der Waals surface area contributed by atoms with Crippen molar-refractivity contribution in [2.45, 2.75) is 25.8 Å². The molecule has 1 aromatic carbocycles. The van der Waals surface area contributed by atoms with Gasteiger partial charge in [-0.15, -0.1) is 0 Å². The number of carboxylic acids is 2. The van der Waals surface area contributed by atoms with E-state index in [1.54, 1.807) is 24.3 Å². The van der Waals surface area contributed by atoms with E-state index in [-0.39, 0.29) is 18.6 Å². The van der Waals surface area contributed by atoms with E-state index < -0.39 is 18.0 Å². The minimum atomic E-state index is -0.968. The van der Waals surface area contributed by atoms with Gasteiger partial charge < -0.3 is 38.9 Å². The molecule has 11 nitrogen and oxygen atoms in total. The Kier molecular flexibility index (Phi) is 19.2. The lowest BCUT2D eigenvalue weighted by Gasteiger charge is -2.02. The molecule has 0 saturated heterocycles. The van der Waals surface area contributed by atoms with Crippen LogP contribution in [0.25, 0.3) is 0 Å². The Bertz CT molecular complexity index is 565. The summed E-state index contributed by atoms with van der Waals surface area (Å²) >= 11 is 0. The Hall–Kier alpha value is -2.86. The first kappa shape index (κ1) is 28.9. The van der Waals surface area contributed by atoms with E-state index in [1.807, 2.05) is 0 Å². The number of anilines is 1. The summed E-state index contributed by atoms with van der Waals surface area (Å²) in [5, 5.41) is 18.4. The number of carbonyl (C=O) groups excluding carboxylic acids is 2. The SMILES string of the molecule is CC(=O)Nc1ccc(C=O)cc1.N.NCC(=O)O.NCCC[C@H](N)C(=O)O. The normalized spacial score (nSPS) is 9.78. The number of benzene rings is 1. The number of carbonyl (C=O) groups is 4. The van der Waals surface area contributed by atoms with Gasteiger partial charge in [0.15, 0.2) is 0 Å². The van der Waals surface area contributed by atoms with Crippen molar-refractivity contribution < 1.29 is 29.4 Å². The lowest BCUT2D eigenvalue weighted by Crippen LogP contribution is -2.30. The zero-order valence-corrected chi connectivity index (χ0v) is 15.3. The summed E-state index contributed by atoms with van der Waals surface area (Å²) in [4.78, 5) is 40.1. The van der Waals surface area contributed by atoms with Crippen molar-refractivity contribution in [3.05, 3.63) is 29.8 Å². The van der Waals surface area contributed by atoms with Gasteiger partial charge in [-0.3, -0.25) is 19.2 Å². The highest BCUT2D eigenvalue weighted by atomic mass is 16.4. The van der Waals surface area contributed by atoms with Crippen molar-refractivity contribution in [1.29, 1.82) is 0 Å². The first-order valence-electron chi connectivity index (χ1n) is 7.61. The number of aldehydes is 1. The van der Waals surface area contributed by atoms with E-state index in [0.717, 1.165) is 6.29 Å². The molecule has 0 heterocycles. The zero-order chi connectivity index (χ0) is 20.5. The van der Waals surface area contributed by atoms with Crippen LogP contribution in [0.3, 0.4) is 0 Å². The molecule has 0 aliphatic rings. The van der Waals surface area contributed by atoms with Crippen LogP contribution in [-0.4, -0.2) is 53.5 Å². The third-order valence-electron chi connectivity index (χ3n) is 2.58. The summed E-state index contributed by atoms with van der Waals surface area (Å²) in [5.74, 6) is -2.04. The molecule has 1 rings (SSSR count). The van der Waals surface area contributed by atoms with Crippen molar-refractivity contribution >= 4 is 29.8 Å². The quantitative estimate of drug-likeness (QED) is 0.304. The number of hydrogen-bond donors (Lipinski definition) is 7.